The maximum atomic E-state index is 11.9. The van der Waals surface area contributed by atoms with E-state index in [9.17, 15) is 4.79 Å². The van der Waals surface area contributed by atoms with Gasteiger partial charge in [0.25, 0.3) is 0 Å². The van der Waals surface area contributed by atoms with E-state index in [4.69, 9.17) is 10.5 Å². The van der Waals surface area contributed by atoms with Gasteiger partial charge in [-0.25, -0.2) is 4.79 Å². The van der Waals surface area contributed by atoms with Crippen molar-refractivity contribution in [3.63, 3.8) is 0 Å². The Labute approximate surface area is 106 Å². The van der Waals surface area contributed by atoms with Gasteiger partial charge in [-0.3, -0.25) is 0 Å². The Morgan fingerprint density at radius 3 is 2.53 bits per heavy atom. The summed E-state index contributed by atoms with van der Waals surface area (Å²) in [7, 11) is 0. The standard InChI is InChI=1S/C13H19NO2S/c1-9-11(14)8-12(17-9)13(15)16-10-6-4-2-3-5-7-10/h8,10H,2-7,14H2,1H3. The summed E-state index contributed by atoms with van der Waals surface area (Å²) in [6.07, 6.45) is 6.98. The number of ether oxygens (including phenoxy) is 1. The van der Waals surface area contributed by atoms with Gasteiger partial charge in [-0.05, 0) is 38.7 Å². The van der Waals surface area contributed by atoms with E-state index in [1.165, 1.54) is 37.0 Å². The topological polar surface area (TPSA) is 52.3 Å². The molecule has 1 heterocycles. The number of hydrogen-bond donors (Lipinski definition) is 1. The van der Waals surface area contributed by atoms with E-state index in [-0.39, 0.29) is 12.1 Å². The van der Waals surface area contributed by atoms with Crippen LogP contribution in [0, 0.1) is 6.92 Å². The molecule has 1 fully saturated rings. The van der Waals surface area contributed by atoms with Crippen LogP contribution in [0.4, 0.5) is 5.69 Å². The minimum absolute atomic E-state index is 0.105. The minimum Gasteiger partial charge on any atom is -0.458 e. The zero-order valence-electron chi connectivity index (χ0n) is 10.2. The molecule has 1 saturated carbocycles. The minimum atomic E-state index is -0.207. The Morgan fingerprint density at radius 1 is 1.35 bits per heavy atom. The average Bonchev–Trinajstić information content (AvgIpc) is 2.54. The normalized spacial score (nSPS) is 17.7. The van der Waals surface area contributed by atoms with Crippen LogP contribution in [-0.4, -0.2) is 12.1 Å². The van der Waals surface area contributed by atoms with Crippen molar-refractivity contribution >= 4 is 23.0 Å². The van der Waals surface area contributed by atoms with Crippen LogP contribution in [-0.2, 0) is 4.74 Å². The third-order valence-corrected chi connectivity index (χ3v) is 4.28. The number of nitrogen functional groups attached to an aromatic ring is 1. The third kappa shape index (κ3) is 3.22. The predicted octanol–water partition coefficient (Wildman–Crippen LogP) is 3.52. The van der Waals surface area contributed by atoms with E-state index in [0.717, 1.165) is 17.7 Å². The fourth-order valence-corrected chi connectivity index (χ4v) is 2.99. The van der Waals surface area contributed by atoms with Crippen molar-refractivity contribution in [2.24, 2.45) is 0 Å². The molecular formula is C13H19NO2S. The number of anilines is 1. The molecule has 0 atom stereocenters. The molecule has 1 aliphatic carbocycles. The molecule has 0 unspecified atom stereocenters. The number of rotatable bonds is 2. The van der Waals surface area contributed by atoms with E-state index in [1.807, 2.05) is 6.92 Å². The number of aryl methyl sites for hydroxylation is 1. The van der Waals surface area contributed by atoms with Crippen molar-refractivity contribution in [1.82, 2.24) is 0 Å². The first-order valence-electron chi connectivity index (χ1n) is 6.23. The van der Waals surface area contributed by atoms with E-state index >= 15 is 0 Å². The fourth-order valence-electron chi connectivity index (χ4n) is 2.17. The molecule has 1 aliphatic rings. The van der Waals surface area contributed by atoms with Gasteiger partial charge in [0.2, 0.25) is 0 Å². The molecule has 0 aliphatic heterocycles. The Morgan fingerprint density at radius 2 is 2.00 bits per heavy atom. The largest absolute Gasteiger partial charge is 0.458 e. The van der Waals surface area contributed by atoms with Gasteiger partial charge in [0, 0.05) is 10.6 Å². The van der Waals surface area contributed by atoms with Crippen LogP contribution in [0.15, 0.2) is 6.07 Å². The van der Waals surface area contributed by atoms with Crippen molar-refractivity contribution in [2.45, 2.75) is 51.6 Å². The van der Waals surface area contributed by atoms with E-state index in [0.29, 0.717) is 10.6 Å². The number of hydrogen-bond acceptors (Lipinski definition) is 4. The molecule has 1 aromatic rings. The number of carbonyl (C=O) groups is 1. The van der Waals surface area contributed by atoms with Gasteiger partial charge in [-0.15, -0.1) is 11.3 Å². The fraction of sp³-hybridized carbons (Fsp3) is 0.615. The monoisotopic (exact) mass is 253 g/mol. The second-order valence-electron chi connectivity index (χ2n) is 4.64. The van der Waals surface area contributed by atoms with Gasteiger partial charge >= 0.3 is 5.97 Å². The van der Waals surface area contributed by atoms with Gasteiger partial charge in [0.15, 0.2) is 0 Å². The highest BCUT2D eigenvalue weighted by molar-refractivity contribution is 7.14. The second-order valence-corrected chi connectivity index (χ2v) is 5.90. The summed E-state index contributed by atoms with van der Waals surface area (Å²) in [5, 5.41) is 0. The highest BCUT2D eigenvalue weighted by atomic mass is 32.1. The van der Waals surface area contributed by atoms with Crippen molar-refractivity contribution in [3.8, 4) is 0 Å². The average molecular weight is 253 g/mol. The number of nitrogens with two attached hydrogens (primary N) is 1. The van der Waals surface area contributed by atoms with Gasteiger partial charge in [0.1, 0.15) is 11.0 Å². The second kappa shape index (κ2) is 5.54. The molecule has 0 aromatic carbocycles. The van der Waals surface area contributed by atoms with Gasteiger partial charge in [-0.2, -0.15) is 0 Å². The first-order valence-corrected chi connectivity index (χ1v) is 7.05. The molecule has 94 valence electrons. The van der Waals surface area contributed by atoms with Gasteiger partial charge in [-0.1, -0.05) is 12.8 Å². The first kappa shape index (κ1) is 12.4. The summed E-state index contributed by atoms with van der Waals surface area (Å²) in [5.41, 5.74) is 6.42. The third-order valence-electron chi connectivity index (χ3n) is 3.23. The maximum Gasteiger partial charge on any atom is 0.348 e. The van der Waals surface area contributed by atoms with Gasteiger partial charge < -0.3 is 10.5 Å². The van der Waals surface area contributed by atoms with Crippen molar-refractivity contribution in [2.75, 3.05) is 5.73 Å². The highest BCUT2D eigenvalue weighted by Crippen LogP contribution is 2.26. The summed E-state index contributed by atoms with van der Waals surface area (Å²) in [4.78, 5) is 13.5. The molecule has 4 heteroatoms. The molecule has 0 bridgehead atoms. The van der Waals surface area contributed by atoms with E-state index in [1.54, 1.807) is 6.07 Å². The van der Waals surface area contributed by atoms with Crippen LogP contribution in [0.25, 0.3) is 0 Å². The molecule has 0 saturated heterocycles. The Hall–Kier alpha value is -1.03. The zero-order chi connectivity index (χ0) is 12.3. The number of carbonyl (C=O) groups excluding carboxylic acids is 1. The SMILES string of the molecule is Cc1sc(C(=O)OC2CCCCCC2)cc1N. The van der Waals surface area contributed by atoms with Crippen LogP contribution in [0.2, 0.25) is 0 Å². The highest BCUT2D eigenvalue weighted by Gasteiger charge is 2.19. The van der Waals surface area contributed by atoms with E-state index in [2.05, 4.69) is 0 Å². The van der Waals surface area contributed by atoms with Crippen LogP contribution in [0.3, 0.4) is 0 Å². The molecule has 0 spiro atoms. The van der Waals surface area contributed by atoms with Crippen LogP contribution in [0.5, 0.6) is 0 Å². The summed E-state index contributed by atoms with van der Waals surface area (Å²) in [6.45, 7) is 1.92. The van der Waals surface area contributed by atoms with Crippen molar-refractivity contribution in [3.05, 3.63) is 15.8 Å². The Kier molecular flexibility index (Phi) is 4.05. The quantitative estimate of drug-likeness (QED) is 0.648. The summed E-state index contributed by atoms with van der Waals surface area (Å²) in [6, 6.07) is 1.72. The summed E-state index contributed by atoms with van der Waals surface area (Å²) in [5.74, 6) is -0.207. The molecule has 17 heavy (non-hydrogen) atoms. The van der Waals surface area contributed by atoms with Gasteiger partial charge in [0.05, 0.1) is 0 Å². The van der Waals surface area contributed by atoms with Crippen LogP contribution in [0.1, 0.15) is 53.1 Å². The lowest BCUT2D eigenvalue weighted by Crippen LogP contribution is -2.16. The molecule has 1 aromatic heterocycles. The molecular weight excluding hydrogens is 234 g/mol. The predicted molar refractivity (Wildman–Crippen MR) is 70.4 cm³/mol. The maximum absolute atomic E-state index is 11.9. The zero-order valence-corrected chi connectivity index (χ0v) is 11.0. The molecule has 0 radical (unpaired) electrons. The number of esters is 1. The van der Waals surface area contributed by atoms with Crippen LogP contribution < -0.4 is 5.73 Å². The lowest BCUT2D eigenvalue weighted by Gasteiger charge is -2.14. The summed E-state index contributed by atoms with van der Waals surface area (Å²) < 4.78 is 5.54. The summed E-state index contributed by atoms with van der Waals surface area (Å²) >= 11 is 1.42. The lowest BCUT2D eigenvalue weighted by atomic mass is 10.1. The molecule has 2 N–H and O–H groups in total. The van der Waals surface area contributed by atoms with Crippen molar-refractivity contribution in [1.29, 1.82) is 0 Å². The smallest absolute Gasteiger partial charge is 0.348 e. The Bertz CT molecular complexity index is 373. The van der Waals surface area contributed by atoms with Crippen molar-refractivity contribution < 1.29 is 9.53 Å². The van der Waals surface area contributed by atoms with E-state index < -0.39 is 0 Å². The number of thiophene rings is 1. The molecule has 3 nitrogen and oxygen atoms in total. The lowest BCUT2D eigenvalue weighted by molar-refractivity contribution is 0.0273. The molecule has 2 rings (SSSR count). The Balaban J connectivity index is 1.95. The van der Waals surface area contributed by atoms with Crippen LogP contribution >= 0.6 is 11.3 Å². The molecule has 0 amide bonds. The first-order chi connectivity index (χ1) is 8.16.